The van der Waals surface area contributed by atoms with Gasteiger partial charge in [0.05, 0.1) is 16.4 Å². The molecule has 0 spiro atoms. The molecule has 0 aromatic carbocycles. The van der Waals surface area contributed by atoms with Crippen LogP contribution in [0, 0.1) is 3.57 Å². The van der Waals surface area contributed by atoms with Crippen molar-refractivity contribution in [3.05, 3.63) is 15.3 Å². The summed E-state index contributed by atoms with van der Waals surface area (Å²) in [6.07, 6.45) is -4.73. The van der Waals surface area contributed by atoms with Gasteiger partial charge in [0.15, 0.2) is 5.75 Å². The predicted octanol–water partition coefficient (Wildman–Crippen LogP) is 3.49. The van der Waals surface area contributed by atoms with Crippen molar-refractivity contribution in [2.45, 2.75) is 11.7 Å². The Kier molecular flexibility index (Phi) is 4.65. The van der Waals surface area contributed by atoms with Gasteiger partial charge in [-0.05, 0) is 22.6 Å². The molecule has 1 heterocycles. The second-order valence-corrected chi connectivity index (χ2v) is 4.33. The number of nitrogens with zero attached hydrogens (tertiary/aromatic N) is 1. The van der Waals surface area contributed by atoms with Crippen LogP contribution in [0.15, 0.2) is 6.07 Å². The SMILES string of the molecule is COc1cc(I)c(OC(F)(F)F)c(CBr)n1. The number of ether oxygens (including phenoxy) is 2. The van der Waals surface area contributed by atoms with Gasteiger partial charge in [-0.15, -0.1) is 13.2 Å². The third-order valence-electron chi connectivity index (χ3n) is 1.53. The van der Waals surface area contributed by atoms with E-state index in [1.807, 2.05) is 0 Å². The molecule has 0 N–H and O–H groups in total. The first-order chi connectivity index (χ1) is 7.37. The molecule has 0 saturated carbocycles. The maximum absolute atomic E-state index is 12.1. The minimum atomic E-state index is -4.73. The lowest BCUT2D eigenvalue weighted by atomic mass is 10.3. The van der Waals surface area contributed by atoms with Crippen LogP contribution in [0.1, 0.15) is 5.69 Å². The number of aromatic nitrogens is 1. The van der Waals surface area contributed by atoms with Crippen LogP contribution in [0.2, 0.25) is 0 Å². The molecule has 1 aromatic heterocycles. The van der Waals surface area contributed by atoms with E-state index in [-0.39, 0.29) is 26.2 Å². The van der Waals surface area contributed by atoms with E-state index >= 15 is 0 Å². The van der Waals surface area contributed by atoms with Crippen LogP contribution in [0.5, 0.6) is 11.6 Å². The largest absolute Gasteiger partial charge is 0.573 e. The second-order valence-electron chi connectivity index (χ2n) is 2.60. The summed E-state index contributed by atoms with van der Waals surface area (Å²) in [5, 5.41) is 0.144. The van der Waals surface area contributed by atoms with Crippen LogP contribution in [-0.4, -0.2) is 18.5 Å². The highest BCUT2D eigenvalue weighted by Crippen LogP contribution is 2.33. The Bertz CT molecular complexity index is 386. The number of halogens is 5. The van der Waals surface area contributed by atoms with Crippen molar-refractivity contribution in [1.82, 2.24) is 4.98 Å². The highest BCUT2D eigenvalue weighted by Gasteiger charge is 2.33. The summed E-state index contributed by atoms with van der Waals surface area (Å²) in [6.45, 7) is 0. The van der Waals surface area contributed by atoms with Gasteiger partial charge >= 0.3 is 6.36 Å². The van der Waals surface area contributed by atoms with Crippen molar-refractivity contribution in [2.24, 2.45) is 0 Å². The van der Waals surface area contributed by atoms with E-state index in [4.69, 9.17) is 4.74 Å². The zero-order valence-electron chi connectivity index (χ0n) is 7.94. The number of pyridine rings is 1. The van der Waals surface area contributed by atoms with E-state index in [0.717, 1.165) is 0 Å². The molecule has 0 aliphatic heterocycles. The third-order valence-corrected chi connectivity index (χ3v) is 2.86. The molecular formula is C8H6BrF3INO2. The summed E-state index contributed by atoms with van der Waals surface area (Å²) in [7, 11) is 1.39. The molecule has 1 aromatic rings. The van der Waals surface area contributed by atoms with E-state index in [1.54, 1.807) is 22.6 Å². The van der Waals surface area contributed by atoms with Crippen LogP contribution >= 0.6 is 38.5 Å². The zero-order valence-corrected chi connectivity index (χ0v) is 11.7. The molecule has 0 amide bonds. The lowest BCUT2D eigenvalue weighted by molar-refractivity contribution is -0.275. The van der Waals surface area contributed by atoms with E-state index < -0.39 is 6.36 Å². The van der Waals surface area contributed by atoms with E-state index in [9.17, 15) is 13.2 Å². The van der Waals surface area contributed by atoms with Crippen molar-refractivity contribution in [2.75, 3.05) is 7.11 Å². The van der Waals surface area contributed by atoms with E-state index in [0.29, 0.717) is 0 Å². The quantitative estimate of drug-likeness (QED) is 0.563. The van der Waals surface area contributed by atoms with Gasteiger partial charge in [0.2, 0.25) is 5.88 Å². The molecule has 8 heteroatoms. The van der Waals surface area contributed by atoms with Crippen molar-refractivity contribution in [1.29, 1.82) is 0 Å². The highest BCUT2D eigenvalue weighted by molar-refractivity contribution is 14.1. The number of rotatable bonds is 3. The fourth-order valence-electron chi connectivity index (χ4n) is 0.946. The lowest BCUT2D eigenvalue weighted by Crippen LogP contribution is -2.19. The van der Waals surface area contributed by atoms with Gasteiger partial charge in [-0.3, -0.25) is 0 Å². The van der Waals surface area contributed by atoms with Crippen LogP contribution in [-0.2, 0) is 5.33 Å². The first kappa shape index (κ1) is 13.8. The Labute approximate surface area is 112 Å². The van der Waals surface area contributed by atoms with Crippen molar-refractivity contribution >= 4 is 38.5 Å². The number of hydrogen-bond donors (Lipinski definition) is 0. The van der Waals surface area contributed by atoms with Crippen molar-refractivity contribution < 1.29 is 22.6 Å². The fourth-order valence-corrected chi connectivity index (χ4v) is 2.01. The van der Waals surface area contributed by atoms with Gasteiger partial charge in [-0.25, -0.2) is 4.98 Å². The Morgan fingerprint density at radius 2 is 2.12 bits per heavy atom. The lowest BCUT2D eigenvalue weighted by Gasteiger charge is -2.14. The number of alkyl halides is 4. The van der Waals surface area contributed by atoms with E-state index in [1.165, 1.54) is 13.2 Å². The maximum atomic E-state index is 12.1. The standard InChI is InChI=1S/C8H6BrF3INO2/c1-15-6-2-4(13)7(5(3-9)14-6)16-8(10,11)12/h2H,3H2,1H3. The molecule has 0 saturated heterocycles. The average molecular weight is 412 g/mol. The third kappa shape index (κ3) is 3.65. The Morgan fingerprint density at radius 3 is 2.56 bits per heavy atom. The van der Waals surface area contributed by atoms with Gasteiger partial charge in [-0.1, -0.05) is 15.9 Å². The molecule has 0 aliphatic rings. The molecule has 0 fully saturated rings. The predicted molar refractivity (Wildman–Crippen MR) is 62.8 cm³/mol. The minimum absolute atomic E-state index is 0.140. The van der Waals surface area contributed by atoms with Crippen molar-refractivity contribution in [3.63, 3.8) is 0 Å². The summed E-state index contributed by atoms with van der Waals surface area (Å²) in [4.78, 5) is 3.86. The first-order valence-corrected chi connectivity index (χ1v) is 6.12. The molecule has 3 nitrogen and oxygen atoms in total. The Morgan fingerprint density at radius 1 is 1.50 bits per heavy atom. The van der Waals surface area contributed by atoms with Gasteiger partial charge < -0.3 is 9.47 Å². The molecule has 1 rings (SSSR count). The topological polar surface area (TPSA) is 31.4 Å². The smallest absolute Gasteiger partial charge is 0.481 e. The van der Waals surface area contributed by atoms with Crippen LogP contribution in [0.4, 0.5) is 13.2 Å². The number of methoxy groups -OCH3 is 1. The first-order valence-electron chi connectivity index (χ1n) is 3.92. The molecule has 0 radical (unpaired) electrons. The minimum Gasteiger partial charge on any atom is -0.481 e. The van der Waals surface area contributed by atoms with Crippen LogP contribution in [0.3, 0.4) is 0 Å². The summed E-state index contributed by atoms with van der Waals surface area (Å²) in [5.41, 5.74) is 0.140. The zero-order chi connectivity index (χ0) is 12.3. The summed E-state index contributed by atoms with van der Waals surface area (Å²) in [5.74, 6) is -0.0563. The number of hydrogen-bond acceptors (Lipinski definition) is 3. The summed E-state index contributed by atoms with van der Waals surface area (Å²) >= 11 is 4.78. The summed E-state index contributed by atoms with van der Waals surface area (Å²) < 4.78 is 45.4. The van der Waals surface area contributed by atoms with Crippen LogP contribution < -0.4 is 9.47 Å². The molecule has 0 aliphatic carbocycles. The van der Waals surface area contributed by atoms with E-state index in [2.05, 4.69) is 25.7 Å². The van der Waals surface area contributed by atoms with Gasteiger partial charge in [0.1, 0.15) is 0 Å². The molecule has 0 bridgehead atoms. The van der Waals surface area contributed by atoms with Gasteiger partial charge in [0.25, 0.3) is 0 Å². The summed E-state index contributed by atoms with van der Waals surface area (Å²) in [6, 6.07) is 1.37. The van der Waals surface area contributed by atoms with Crippen LogP contribution in [0.25, 0.3) is 0 Å². The highest BCUT2D eigenvalue weighted by atomic mass is 127. The second kappa shape index (κ2) is 5.39. The molecule has 0 unspecified atom stereocenters. The normalized spacial score (nSPS) is 11.4. The maximum Gasteiger partial charge on any atom is 0.573 e. The molecule has 90 valence electrons. The average Bonchev–Trinajstić information content (AvgIpc) is 2.19. The monoisotopic (exact) mass is 411 g/mol. The van der Waals surface area contributed by atoms with Gasteiger partial charge in [0, 0.05) is 11.4 Å². The fraction of sp³-hybridized carbons (Fsp3) is 0.375. The molecule has 0 atom stereocenters. The molecule has 16 heavy (non-hydrogen) atoms. The van der Waals surface area contributed by atoms with Crippen molar-refractivity contribution in [3.8, 4) is 11.6 Å². The Hall–Kier alpha value is -0.250. The van der Waals surface area contributed by atoms with Gasteiger partial charge in [-0.2, -0.15) is 0 Å². The molecular weight excluding hydrogens is 406 g/mol. The Balaban J connectivity index is 3.16.